The molecule has 1 fully saturated rings. The zero-order valence-electron chi connectivity index (χ0n) is 16.9. The summed E-state index contributed by atoms with van der Waals surface area (Å²) in [4.78, 5) is 35.1. The number of para-hydroxylation sites is 1. The minimum absolute atomic E-state index is 0.0933. The lowest BCUT2D eigenvalue weighted by Gasteiger charge is -2.31. The number of pyridine rings is 1. The number of nitrogens with zero attached hydrogens (tertiary/aromatic N) is 3. The molecule has 3 amide bonds. The number of ether oxygens (including phenoxy) is 1. The highest BCUT2D eigenvalue weighted by Crippen LogP contribution is 2.21. The number of rotatable bonds is 6. The van der Waals surface area contributed by atoms with Gasteiger partial charge in [-0.3, -0.25) is 4.79 Å². The number of thiazole rings is 1. The van der Waals surface area contributed by atoms with Crippen LogP contribution in [-0.4, -0.2) is 39.9 Å². The van der Waals surface area contributed by atoms with E-state index in [1.165, 1.54) is 11.3 Å². The van der Waals surface area contributed by atoms with Crippen molar-refractivity contribution < 1.29 is 14.3 Å². The molecule has 1 aromatic carbocycles. The van der Waals surface area contributed by atoms with Gasteiger partial charge in [0.1, 0.15) is 5.75 Å². The highest BCUT2D eigenvalue weighted by atomic mass is 32.1. The largest absolute Gasteiger partial charge is 0.439 e. The number of aromatic nitrogens is 2. The molecule has 2 N–H and O–H groups in total. The maximum absolute atomic E-state index is 12.7. The molecule has 31 heavy (non-hydrogen) atoms. The van der Waals surface area contributed by atoms with Gasteiger partial charge in [0.25, 0.3) is 0 Å². The van der Waals surface area contributed by atoms with Gasteiger partial charge in [-0.05, 0) is 36.6 Å². The Hall–Kier alpha value is -3.46. The molecule has 1 atom stereocenters. The fraction of sp³-hybridized carbons (Fsp3) is 0.273. The van der Waals surface area contributed by atoms with Gasteiger partial charge < -0.3 is 20.3 Å². The van der Waals surface area contributed by atoms with Gasteiger partial charge in [-0.1, -0.05) is 18.2 Å². The first-order valence-electron chi connectivity index (χ1n) is 10.1. The first-order chi connectivity index (χ1) is 15.2. The lowest BCUT2D eigenvalue weighted by Crippen LogP contribution is -2.47. The standard InChI is InChI=1S/C22H23N5O3S/c28-20(26-21-24-10-12-31-21)17-5-4-11-27(15-17)22(29)25-14-16-8-9-23-19(13-16)30-18-6-2-1-3-7-18/h1-3,6-10,12-13,17H,4-5,11,14-15H2,(H,25,29)(H,24,26,28). The number of amides is 3. The normalized spacial score (nSPS) is 15.9. The average molecular weight is 438 g/mol. The van der Waals surface area contributed by atoms with Crippen LogP contribution in [-0.2, 0) is 11.3 Å². The van der Waals surface area contributed by atoms with Gasteiger partial charge in [0.2, 0.25) is 11.8 Å². The van der Waals surface area contributed by atoms with E-state index in [9.17, 15) is 9.59 Å². The molecule has 1 aliphatic heterocycles. The van der Waals surface area contributed by atoms with Crippen molar-refractivity contribution in [3.8, 4) is 11.6 Å². The van der Waals surface area contributed by atoms with Crippen molar-refractivity contribution in [1.82, 2.24) is 20.2 Å². The number of carbonyl (C=O) groups is 2. The molecule has 0 aliphatic carbocycles. The average Bonchev–Trinajstić information content (AvgIpc) is 3.31. The molecule has 8 nitrogen and oxygen atoms in total. The van der Waals surface area contributed by atoms with E-state index in [-0.39, 0.29) is 17.9 Å². The van der Waals surface area contributed by atoms with Crippen molar-refractivity contribution in [3.05, 3.63) is 65.8 Å². The Morgan fingerprint density at radius 2 is 2.03 bits per heavy atom. The van der Waals surface area contributed by atoms with Crippen molar-refractivity contribution in [2.45, 2.75) is 19.4 Å². The number of urea groups is 1. The van der Waals surface area contributed by atoms with Crippen LogP contribution in [0.15, 0.2) is 60.2 Å². The fourth-order valence-electron chi connectivity index (χ4n) is 3.38. The molecular weight excluding hydrogens is 414 g/mol. The number of likely N-dealkylation sites (tertiary alicyclic amines) is 1. The summed E-state index contributed by atoms with van der Waals surface area (Å²) in [5, 5.41) is 8.14. The van der Waals surface area contributed by atoms with Crippen LogP contribution >= 0.6 is 11.3 Å². The van der Waals surface area contributed by atoms with Gasteiger partial charge in [0.15, 0.2) is 5.13 Å². The van der Waals surface area contributed by atoms with Gasteiger partial charge in [0, 0.05) is 43.5 Å². The summed E-state index contributed by atoms with van der Waals surface area (Å²) in [7, 11) is 0. The molecule has 1 aliphatic rings. The Kier molecular flexibility index (Phi) is 6.73. The lowest BCUT2D eigenvalue weighted by molar-refractivity contribution is -0.121. The van der Waals surface area contributed by atoms with E-state index in [1.807, 2.05) is 41.8 Å². The zero-order valence-corrected chi connectivity index (χ0v) is 17.7. The van der Waals surface area contributed by atoms with E-state index >= 15 is 0 Å². The zero-order chi connectivity index (χ0) is 21.5. The molecular formula is C22H23N5O3S. The van der Waals surface area contributed by atoms with E-state index in [2.05, 4.69) is 20.6 Å². The van der Waals surface area contributed by atoms with Crippen LogP contribution in [0.5, 0.6) is 11.6 Å². The summed E-state index contributed by atoms with van der Waals surface area (Å²) >= 11 is 1.38. The van der Waals surface area contributed by atoms with Crippen molar-refractivity contribution in [2.24, 2.45) is 5.92 Å². The summed E-state index contributed by atoms with van der Waals surface area (Å²) in [6.45, 7) is 1.37. The highest BCUT2D eigenvalue weighted by Gasteiger charge is 2.28. The minimum Gasteiger partial charge on any atom is -0.439 e. The second kappa shape index (κ2) is 10.0. The number of benzene rings is 1. The fourth-order valence-corrected chi connectivity index (χ4v) is 3.92. The number of piperidine rings is 1. The molecule has 0 spiro atoms. The minimum atomic E-state index is -0.241. The molecule has 0 bridgehead atoms. The van der Waals surface area contributed by atoms with Gasteiger partial charge in [-0.2, -0.15) is 0 Å². The van der Waals surface area contributed by atoms with Gasteiger partial charge in [0.05, 0.1) is 5.92 Å². The lowest BCUT2D eigenvalue weighted by atomic mass is 9.97. The molecule has 9 heteroatoms. The molecule has 160 valence electrons. The van der Waals surface area contributed by atoms with Crippen LogP contribution in [0.1, 0.15) is 18.4 Å². The van der Waals surface area contributed by atoms with Gasteiger partial charge in [-0.25, -0.2) is 14.8 Å². The van der Waals surface area contributed by atoms with Crippen LogP contribution in [0.2, 0.25) is 0 Å². The van der Waals surface area contributed by atoms with Crippen LogP contribution in [0.25, 0.3) is 0 Å². The molecule has 4 rings (SSSR count). The summed E-state index contributed by atoms with van der Waals surface area (Å²) in [5.41, 5.74) is 0.879. The summed E-state index contributed by atoms with van der Waals surface area (Å²) in [6, 6.07) is 12.9. The summed E-state index contributed by atoms with van der Waals surface area (Å²) in [5.74, 6) is 0.834. The van der Waals surface area contributed by atoms with E-state index in [1.54, 1.807) is 23.4 Å². The first kappa shape index (κ1) is 20.8. The first-order valence-corrected chi connectivity index (χ1v) is 11.0. The third kappa shape index (κ3) is 5.79. The number of hydrogen-bond acceptors (Lipinski definition) is 6. The van der Waals surface area contributed by atoms with E-state index in [0.717, 1.165) is 18.4 Å². The molecule has 2 aromatic heterocycles. The molecule has 3 heterocycles. The van der Waals surface area contributed by atoms with E-state index in [0.29, 0.717) is 36.4 Å². The van der Waals surface area contributed by atoms with E-state index in [4.69, 9.17) is 4.74 Å². The number of hydrogen-bond donors (Lipinski definition) is 2. The Morgan fingerprint density at radius 1 is 1.16 bits per heavy atom. The monoisotopic (exact) mass is 437 g/mol. The third-order valence-corrected chi connectivity index (χ3v) is 5.64. The van der Waals surface area contributed by atoms with Crippen LogP contribution in [0, 0.1) is 5.92 Å². The van der Waals surface area contributed by atoms with E-state index < -0.39 is 0 Å². The maximum Gasteiger partial charge on any atom is 0.317 e. The van der Waals surface area contributed by atoms with Crippen LogP contribution < -0.4 is 15.4 Å². The third-order valence-electron chi connectivity index (χ3n) is 4.95. The Morgan fingerprint density at radius 3 is 2.84 bits per heavy atom. The Balaban J connectivity index is 1.29. The van der Waals surface area contributed by atoms with Gasteiger partial charge in [-0.15, -0.1) is 11.3 Å². The maximum atomic E-state index is 12.7. The van der Waals surface area contributed by atoms with Crippen molar-refractivity contribution >= 4 is 28.4 Å². The number of anilines is 1. The van der Waals surface area contributed by atoms with Crippen LogP contribution in [0.3, 0.4) is 0 Å². The molecule has 0 radical (unpaired) electrons. The smallest absolute Gasteiger partial charge is 0.317 e. The Labute approximate surface area is 184 Å². The number of carbonyl (C=O) groups excluding carboxylic acids is 2. The number of nitrogens with one attached hydrogen (secondary N) is 2. The van der Waals surface area contributed by atoms with Crippen molar-refractivity contribution in [1.29, 1.82) is 0 Å². The SMILES string of the molecule is O=C(Nc1nccs1)C1CCCN(C(=O)NCc2ccnc(Oc3ccccc3)c2)C1. The molecule has 1 unspecified atom stereocenters. The molecule has 1 saturated heterocycles. The second-order valence-electron chi connectivity index (χ2n) is 7.19. The summed E-state index contributed by atoms with van der Waals surface area (Å²) < 4.78 is 5.74. The summed E-state index contributed by atoms with van der Waals surface area (Å²) in [6.07, 6.45) is 4.84. The second-order valence-corrected chi connectivity index (χ2v) is 8.08. The topological polar surface area (TPSA) is 96.5 Å². The van der Waals surface area contributed by atoms with Crippen molar-refractivity contribution in [2.75, 3.05) is 18.4 Å². The highest BCUT2D eigenvalue weighted by molar-refractivity contribution is 7.13. The van der Waals surface area contributed by atoms with Crippen LogP contribution in [0.4, 0.5) is 9.93 Å². The molecule has 3 aromatic rings. The van der Waals surface area contributed by atoms with Crippen molar-refractivity contribution in [3.63, 3.8) is 0 Å². The predicted octanol–water partition coefficient (Wildman–Crippen LogP) is 3.89. The predicted molar refractivity (Wildman–Crippen MR) is 118 cm³/mol. The Bertz CT molecular complexity index is 1010. The quantitative estimate of drug-likeness (QED) is 0.610. The molecule has 0 saturated carbocycles. The van der Waals surface area contributed by atoms with Gasteiger partial charge >= 0.3 is 6.03 Å².